The first-order chi connectivity index (χ1) is 18.1. The van der Waals surface area contributed by atoms with Crippen LogP contribution < -0.4 is 21.7 Å². The lowest BCUT2D eigenvalue weighted by molar-refractivity contribution is 0.0951. The number of nitrogens with two attached hydrogens (primary N) is 1. The van der Waals surface area contributed by atoms with Gasteiger partial charge in [-0.15, -0.1) is 9.24 Å². The van der Waals surface area contributed by atoms with Crippen LogP contribution in [0, 0.1) is 6.92 Å². The van der Waals surface area contributed by atoms with Gasteiger partial charge in [-0.1, -0.05) is 42.0 Å². The molecule has 10 nitrogen and oxygen atoms in total. The van der Waals surface area contributed by atoms with Crippen molar-refractivity contribution in [3.63, 3.8) is 0 Å². The minimum Gasteiger partial charge on any atom is -0.383 e. The Kier molecular flexibility index (Phi) is 6.82. The molecule has 0 bridgehead atoms. The Morgan fingerprint density at radius 2 is 1.84 bits per heavy atom. The lowest BCUT2D eigenvalue weighted by Gasteiger charge is -2.11. The van der Waals surface area contributed by atoms with Crippen molar-refractivity contribution in [2.75, 3.05) is 5.73 Å². The third kappa shape index (κ3) is 5.08. The summed E-state index contributed by atoms with van der Waals surface area (Å²) in [5.74, 6) is -0.00970. The molecule has 3 aromatic carbocycles. The highest BCUT2D eigenvalue weighted by Gasteiger charge is 2.21. The lowest BCUT2D eigenvalue weighted by Crippen LogP contribution is -2.25. The van der Waals surface area contributed by atoms with Gasteiger partial charge < -0.3 is 20.8 Å². The fourth-order valence-electron chi connectivity index (χ4n) is 4.11. The Hall–Kier alpha value is -3.94. The number of hydrogen-bond acceptors (Lipinski definition) is 6. The van der Waals surface area contributed by atoms with Crippen LogP contribution in [0.25, 0.3) is 28.0 Å². The van der Waals surface area contributed by atoms with Crippen molar-refractivity contribution in [1.82, 2.24) is 25.1 Å². The number of benzene rings is 3. The van der Waals surface area contributed by atoms with Crippen molar-refractivity contribution in [2.45, 2.75) is 13.5 Å². The third-order valence-electron chi connectivity index (χ3n) is 6.03. The van der Waals surface area contributed by atoms with E-state index < -0.39 is 7.60 Å². The van der Waals surface area contributed by atoms with E-state index in [9.17, 15) is 19.1 Å². The monoisotopic (exact) mass is 546 g/mol. The Morgan fingerprint density at radius 3 is 2.55 bits per heavy atom. The van der Waals surface area contributed by atoms with Crippen LogP contribution in [0.5, 0.6) is 0 Å². The van der Waals surface area contributed by atoms with Crippen LogP contribution in [0.1, 0.15) is 21.5 Å². The van der Waals surface area contributed by atoms with Crippen LogP contribution in [0.4, 0.5) is 5.82 Å². The van der Waals surface area contributed by atoms with Crippen molar-refractivity contribution in [1.29, 1.82) is 0 Å². The number of anilines is 1. The van der Waals surface area contributed by atoms with Crippen LogP contribution in [-0.4, -0.2) is 35.4 Å². The average molecular weight is 546 g/mol. The number of nitrogen functional groups attached to an aromatic ring is 1. The number of nitrogens with one attached hydrogen (secondary N) is 1. The number of rotatable bonds is 6. The summed E-state index contributed by atoms with van der Waals surface area (Å²) < 4.78 is 13.2. The molecule has 0 aliphatic rings. The molecule has 2 heterocycles. The van der Waals surface area contributed by atoms with Crippen LogP contribution in [0.3, 0.4) is 0 Å². The van der Waals surface area contributed by atoms with Crippen LogP contribution in [0.15, 0.2) is 73.1 Å². The van der Waals surface area contributed by atoms with E-state index in [2.05, 4.69) is 24.5 Å². The average Bonchev–Trinajstić information content (AvgIpc) is 3.28. The van der Waals surface area contributed by atoms with E-state index in [1.807, 2.05) is 37.3 Å². The number of aryl methyl sites for hydroxylation is 1. The molecule has 0 fully saturated rings. The first-order valence-corrected chi connectivity index (χ1v) is 13.7. The molecule has 5 rings (SSSR count). The van der Waals surface area contributed by atoms with E-state index in [1.54, 1.807) is 35.0 Å². The summed E-state index contributed by atoms with van der Waals surface area (Å²) in [4.78, 5) is 40.4. The SMILES string of the molecule is Cc1ccc(-c2nn(-c3cccc(C(=O)NCc4ccc(P(=O)(O)O)c(P)c4)c3)c3ncnc(N)c23)cc1. The second kappa shape index (κ2) is 10.1. The number of fused-ring (bicyclic) bond motifs is 1. The predicted molar refractivity (Wildman–Crippen MR) is 150 cm³/mol. The van der Waals surface area contributed by atoms with Crippen molar-refractivity contribution in [2.24, 2.45) is 0 Å². The van der Waals surface area contributed by atoms with E-state index in [1.165, 1.54) is 12.4 Å². The van der Waals surface area contributed by atoms with E-state index in [0.29, 0.717) is 44.7 Å². The van der Waals surface area contributed by atoms with Crippen molar-refractivity contribution >= 4 is 50.2 Å². The quantitative estimate of drug-likeness (QED) is 0.237. The topological polar surface area (TPSA) is 156 Å². The third-order valence-corrected chi connectivity index (χ3v) is 7.79. The molecule has 5 aromatic rings. The van der Waals surface area contributed by atoms with Gasteiger partial charge in [0.05, 0.1) is 16.4 Å². The number of aromatic nitrogens is 4. The summed E-state index contributed by atoms with van der Waals surface area (Å²) in [5, 5.41) is 8.57. The molecule has 0 spiro atoms. The minimum absolute atomic E-state index is 0.0637. The molecule has 5 N–H and O–H groups in total. The van der Waals surface area contributed by atoms with Gasteiger partial charge in [0.1, 0.15) is 17.8 Å². The normalized spacial score (nSPS) is 11.6. The summed E-state index contributed by atoms with van der Waals surface area (Å²) in [7, 11) is -2.05. The van der Waals surface area contributed by atoms with E-state index in [0.717, 1.165) is 11.1 Å². The summed E-state index contributed by atoms with van der Waals surface area (Å²) in [6, 6.07) is 19.4. The molecule has 0 saturated carbocycles. The van der Waals surface area contributed by atoms with Gasteiger partial charge >= 0.3 is 7.60 Å². The number of carbonyl (C=O) groups excluding carboxylic acids is 1. The summed E-state index contributed by atoms with van der Waals surface area (Å²) in [6.07, 6.45) is 1.38. The molecular formula is C26H24N6O4P2. The highest BCUT2D eigenvalue weighted by atomic mass is 31.2. The van der Waals surface area contributed by atoms with Crippen molar-refractivity contribution in [3.8, 4) is 16.9 Å². The second-order valence-corrected chi connectivity index (χ2v) is 10.9. The minimum atomic E-state index is -4.37. The molecule has 0 saturated heterocycles. The maximum Gasteiger partial charge on any atom is 0.356 e. The maximum absolute atomic E-state index is 13.0. The van der Waals surface area contributed by atoms with E-state index in [-0.39, 0.29) is 17.8 Å². The largest absolute Gasteiger partial charge is 0.383 e. The zero-order chi connectivity index (χ0) is 27.0. The molecule has 38 heavy (non-hydrogen) atoms. The Labute approximate surface area is 220 Å². The lowest BCUT2D eigenvalue weighted by atomic mass is 10.1. The van der Waals surface area contributed by atoms with Crippen LogP contribution in [-0.2, 0) is 11.1 Å². The molecule has 1 unspecified atom stereocenters. The molecular weight excluding hydrogens is 522 g/mol. The molecule has 2 aromatic heterocycles. The van der Waals surface area contributed by atoms with Crippen molar-refractivity contribution < 1.29 is 19.1 Å². The van der Waals surface area contributed by atoms with Gasteiger partial charge in [0.2, 0.25) is 0 Å². The van der Waals surface area contributed by atoms with Gasteiger partial charge in [0.25, 0.3) is 5.91 Å². The Balaban J connectivity index is 1.44. The fraction of sp³-hybridized carbons (Fsp3) is 0.0769. The molecule has 1 atom stereocenters. The molecule has 1 amide bonds. The van der Waals surface area contributed by atoms with E-state index >= 15 is 0 Å². The van der Waals surface area contributed by atoms with Crippen molar-refractivity contribution in [3.05, 3.63) is 89.7 Å². The number of carbonyl (C=O) groups is 1. The van der Waals surface area contributed by atoms with Gasteiger partial charge in [-0.05, 0) is 48.1 Å². The highest BCUT2D eigenvalue weighted by Crippen LogP contribution is 2.33. The standard InChI is InChI=1S/C26H24N6O4P2/c1-15-5-8-17(9-6-15)23-22-24(27)29-14-30-25(22)32(31-23)19-4-2-3-18(12-19)26(33)28-13-16-7-10-21(20(37)11-16)38(34,35)36/h2-12,14H,13,37H2,1H3,(H,28,33)(H2,27,29,30)(H2,34,35,36). The molecule has 192 valence electrons. The number of amides is 1. The van der Waals surface area contributed by atoms with Gasteiger partial charge in [-0.3, -0.25) is 9.36 Å². The Morgan fingerprint density at radius 1 is 1.08 bits per heavy atom. The summed E-state index contributed by atoms with van der Waals surface area (Å²) >= 11 is 0. The van der Waals surface area contributed by atoms with Gasteiger partial charge in [0.15, 0.2) is 5.65 Å². The molecule has 0 aliphatic carbocycles. The van der Waals surface area contributed by atoms with Gasteiger partial charge in [-0.25, -0.2) is 14.6 Å². The molecule has 0 radical (unpaired) electrons. The maximum atomic E-state index is 13.0. The summed E-state index contributed by atoms with van der Waals surface area (Å²) in [6.45, 7) is 2.18. The molecule has 12 heteroatoms. The smallest absolute Gasteiger partial charge is 0.356 e. The molecule has 0 aliphatic heterocycles. The first kappa shape index (κ1) is 25.7. The second-order valence-electron chi connectivity index (χ2n) is 8.75. The fourth-order valence-corrected chi connectivity index (χ4v) is 5.60. The van der Waals surface area contributed by atoms with Gasteiger partial charge in [0, 0.05) is 17.7 Å². The van der Waals surface area contributed by atoms with E-state index in [4.69, 9.17) is 10.8 Å². The first-order valence-electron chi connectivity index (χ1n) is 11.5. The number of hydrogen-bond donors (Lipinski definition) is 4. The summed E-state index contributed by atoms with van der Waals surface area (Å²) in [5.41, 5.74) is 11.1. The van der Waals surface area contributed by atoms with Crippen LogP contribution in [0.2, 0.25) is 0 Å². The Bertz CT molecular complexity index is 1730. The zero-order valence-electron chi connectivity index (χ0n) is 20.2. The number of nitrogens with zero attached hydrogens (tertiary/aromatic N) is 4. The van der Waals surface area contributed by atoms with Crippen LogP contribution >= 0.6 is 16.8 Å². The zero-order valence-corrected chi connectivity index (χ0v) is 22.3. The van der Waals surface area contributed by atoms with Gasteiger partial charge in [-0.2, -0.15) is 5.10 Å². The highest BCUT2D eigenvalue weighted by molar-refractivity contribution is 7.61. The predicted octanol–water partition coefficient (Wildman–Crippen LogP) is 2.61.